The first kappa shape index (κ1) is 6.16. The van der Waals surface area contributed by atoms with E-state index in [1.165, 1.54) is 0 Å². The monoisotopic (exact) mass is 144 g/mol. The van der Waals surface area contributed by atoms with Gasteiger partial charge in [-0.2, -0.15) is 0 Å². The fraction of sp³-hybridized carbons (Fsp3) is 0. The molecule has 0 unspecified atom stereocenters. The van der Waals surface area contributed by atoms with Crippen molar-refractivity contribution in [2.24, 2.45) is 0 Å². The molecule has 0 radical (unpaired) electrons. The molecule has 2 N–H and O–H groups in total. The molecule has 4 heteroatoms. The molecule has 0 aliphatic heterocycles. The summed E-state index contributed by atoms with van der Waals surface area (Å²) in [4.78, 5) is 3.72. The van der Waals surface area contributed by atoms with Gasteiger partial charge in [0.25, 0.3) is 0 Å². The van der Waals surface area contributed by atoms with E-state index in [9.17, 15) is 0 Å². The molecule has 1 heterocycles. The van der Waals surface area contributed by atoms with Gasteiger partial charge in [-0.15, -0.1) is 0 Å². The molecular formula is C5H5ClN2O. The van der Waals surface area contributed by atoms with Crippen LogP contribution in [0.1, 0.15) is 0 Å². The summed E-state index contributed by atoms with van der Waals surface area (Å²) in [5.74, 6) is 0.687. The van der Waals surface area contributed by atoms with Crippen LogP contribution in [0.25, 0.3) is 0 Å². The van der Waals surface area contributed by atoms with E-state index in [0.717, 1.165) is 0 Å². The molecule has 0 fully saturated rings. The number of hydrogen-bond donors (Lipinski definition) is 1. The zero-order chi connectivity index (χ0) is 6.69. The third-order valence-electron chi connectivity index (χ3n) is 0.883. The van der Waals surface area contributed by atoms with E-state index >= 15 is 0 Å². The van der Waals surface area contributed by atoms with E-state index < -0.39 is 0 Å². The Labute approximate surface area is 57.6 Å². The van der Waals surface area contributed by atoms with Gasteiger partial charge in [0.2, 0.25) is 0 Å². The van der Waals surface area contributed by atoms with Crippen molar-refractivity contribution in [1.29, 1.82) is 0 Å². The van der Waals surface area contributed by atoms with E-state index in [1.807, 2.05) is 0 Å². The molecular weight excluding hydrogens is 140 g/mol. The molecule has 0 saturated carbocycles. The van der Waals surface area contributed by atoms with Gasteiger partial charge in [0.15, 0.2) is 11.6 Å². The molecule has 1 rings (SSSR count). The number of anilines is 1. The highest BCUT2D eigenvalue weighted by atomic mass is 35.5. The van der Waals surface area contributed by atoms with Crippen LogP contribution in [-0.4, -0.2) is 4.98 Å². The molecule has 3 nitrogen and oxygen atoms in total. The summed E-state index contributed by atoms with van der Waals surface area (Å²) in [5.41, 5.74) is 5.31. The zero-order valence-electron chi connectivity index (χ0n) is 4.54. The van der Waals surface area contributed by atoms with Gasteiger partial charge in [0, 0.05) is 6.20 Å². The van der Waals surface area contributed by atoms with Crippen LogP contribution in [0.3, 0.4) is 0 Å². The Hall–Kier alpha value is -0.960. The number of nitrogen functional groups attached to an aromatic ring is 1. The predicted octanol–water partition coefficient (Wildman–Crippen LogP) is 1.20. The second kappa shape index (κ2) is 2.55. The average molecular weight is 145 g/mol. The van der Waals surface area contributed by atoms with Gasteiger partial charge >= 0.3 is 0 Å². The lowest BCUT2D eigenvalue weighted by Crippen LogP contribution is -1.90. The van der Waals surface area contributed by atoms with E-state index in [1.54, 1.807) is 18.3 Å². The van der Waals surface area contributed by atoms with Crippen LogP contribution in [0.4, 0.5) is 5.82 Å². The molecule has 0 bridgehead atoms. The lowest BCUT2D eigenvalue weighted by molar-refractivity contribution is 0.619. The first-order valence-electron chi connectivity index (χ1n) is 2.33. The minimum atomic E-state index is 0.299. The Kier molecular flexibility index (Phi) is 1.75. The molecule has 1 aromatic heterocycles. The summed E-state index contributed by atoms with van der Waals surface area (Å²) in [7, 11) is 0. The highest BCUT2D eigenvalue weighted by Gasteiger charge is 1.95. The van der Waals surface area contributed by atoms with Crippen LogP contribution < -0.4 is 10.0 Å². The van der Waals surface area contributed by atoms with Crippen molar-refractivity contribution in [3.8, 4) is 5.75 Å². The van der Waals surface area contributed by atoms with Crippen molar-refractivity contribution < 1.29 is 4.29 Å². The summed E-state index contributed by atoms with van der Waals surface area (Å²) in [5, 5.41) is 0. The Balaban J connectivity index is 3.01. The molecule has 0 aliphatic carbocycles. The van der Waals surface area contributed by atoms with Crippen molar-refractivity contribution >= 4 is 17.7 Å². The maximum absolute atomic E-state index is 5.31. The number of nitrogens with zero attached hydrogens (tertiary/aromatic N) is 1. The van der Waals surface area contributed by atoms with Crippen LogP contribution in [-0.2, 0) is 0 Å². The standard InChI is InChI=1S/C5H5ClN2O/c6-9-4-2-1-3-8-5(4)7/h1-3H,(H2,7,8). The Bertz CT molecular complexity index is 204. The first-order chi connectivity index (χ1) is 4.34. The van der Waals surface area contributed by atoms with Crippen LogP contribution in [0.2, 0.25) is 0 Å². The normalized spacial score (nSPS) is 9.00. The van der Waals surface area contributed by atoms with E-state index in [0.29, 0.717) is 11.6 Å². The number of hydrogen-bond acceptors (Lipinski definition) is 3. The molecule has 0 spiro atoms. The lowest BCUT2D eigenvalue weighted by Gasteiger charge is -1.95. The van der Waals surface area contributed by atoms with Gasteiger partial charge in [-0.3, -0.25) is 0 Å². The van der Waals surface area contributed by atoms with Gasteiger partial charge in [-0.25, -0.2) is 4.98 Å². The van der Waals surface area contributed by atoms with Gasteiger partial charge in [0.05, 0.1) is 0 Å². The third-order valence-corrected chi connectivity index (χ3v) is 1.05. The molecule has 0 aliphatic rings. The van der Waals surface area contributed by atoms with Crippen LogP contribution >= 0.6 is 11.9 Å². The molecule has 9 heavy (non-hydrogen) atoms. The van der Waals surface area contributed by atoms with E-state index in [4.69, 9.17) is 17.6 Å². The topological polar surface area (TPSA) is 48.1 Å². The number of halogens is 1. The zero-order valence-corrected chi connectivity index (χ0v) is 5.30. The van der Waals surface area contributed by atoms with Crippen LogP contribution in [0.15, 0.2) is 18.3 Å². The summed E-state index contributed by atoms with van der Waals surface area (Å²) in [6, 6.07) is 3.32. The molecule has 1 aromatic rings. The van der Waals surface area contributed by atoms with Gasteiger partial charge in [-0.05, 0) is 12.1 Å². The highest BCUT2D eigenvalue weighted by Crippen LogP contribution is 2.17. The Morgan fingerprint density at radius 1 is 1.67 bits per heavy atom. The van der Waals surface area contributed by atoms with Crippen molar-refractivity contribution in [2.75, 3.05) is 5.73 Å². The molecule has 0 aromatic carbocycles. The molecule has 48 valence electrons. The SMILES string of the molecule is Nc1ncccc1OCl. The van der Waals surface area contributed by atoms with Crippen LogP contribution in [0, 0.1) is 0 Å². The summed E-state index contributed by atoms with van der Waals surface area (Å²) in [6.45, 7) is 0. The second-order valence-electron chi connectivity index (χ2n) is 1.46. The van der Waals surface area contributed by atoms with Crippen LogP contribution in [0.5, 0.6) is 5.75 Å². The Morgan fingerprint density at radius 2 is 2.44 bits per heavy atom. The highest BCUT2D eigenvalue weighted by molar-refractivity contribution is 6.09. The number of pyridine rings is 1. The maximum Gasteiger partial charge on any atom is 0.188 e. The fourth-order valence-electron chi connectivity index (χ4n) is 0.468. The molecule has 0 saturated heterocycles. The number of aromatic nitrogens is 1. The predicted molar refractivity (Wildman–Crippen MR) is 35.1 cm³/mol. The van der Waals surface area contributed by atoms with E-state index in [2.05, 4.69) is 9.27 Å². The number of nitrogens with two attached hydrogens (primary N) is 1. The molecule has 0 atom stereocenters. The van der Waals surface area contributed by atoms with Crippen molar-refractivity contribution in [1.82, 2.24) is 4.98 Å². The quantitative estimate of drug-likeness (QED) is 0.644. The average Bonchev–Trinajstić information content (AvgIpc) is 1.89. The van der Waals surface area contributed by atoms with E-state index in [-0.39, 0.29) is 0 Å². The smallest absolute Gasteiger partial charge is 0.188 e. The fourth-order valence-corrected chi connectivity index (χ4v) is 0.598. The summed E-state index contributed by atoms with van der Waals surface area (Å²) < 4.78 is 4.33. The lowest BCUT2D eigenvalue weighted by atomic mass is 10.4. The van der Waals surface area contributed by atoms with Gasteiger partial charge in [0.1, 0.15) is 11.9 Å². The Morgan fingerprint density at radius 3 is 2.89 bits per heavy atom. The maximum atomic E-state index is 5.31. The number of rotatable bonds is 1. The first-order valence-corrected chi connectivity index (χ1v) is 2.64. The summed E-state index contributed by atoms with van der Waals surface area (Å²) in [6.07, 6.45) is 1.56. The van der Waals surface area contributed by atoms with Crippen molar-refractivity contribution in [3.63, 3.8) is 0 Å². The van der Waals surface area contributed by atoms with Crippen molar-refractivity contribution in [2.45, 2.75) is 0 Å². The summed E-state index contributed by atoms with van der Waals surface area (Å²) >= 11 is 5.01. The van der Waals surface area contributed by atoms with Gasteiger partial charge < -0.3 is 10.0 Å². The van der Waals surface area contributed by atoms with Crippen molar-refractivity contribution in [3.05, 3.63) is 18.3 Å². The minimum Gasteiger partial charge on any atom is -0.382 e. The second-order valence-corrected chi connectivity index (χ2v) is 1.62. The largest absolute Gasteiger partial charge is 0.382 e. The third kappa shape index (κ3) is 1.23. The van der Waals surface area contributed by atoms with Gasteiger partial charge in [-0.1, -0.05) is 0 Å². The molecule has 0 amide bonds. The minimum absolute atomic E-state index is 0.299.